The van der Waals surface area contributed by atoms with Crippen molar-refractivity contribution >= 4 is 9.35 Å². The topological polar surface area (TPSA) is 63.6 Å². The van der Waals surface area contributed by atoms with Gasteiger partial charge < -0.3 is 0 Å². The zero-order valence-corrected chi connectivity index (χ0v) is 13.4. The maximum absolute atomic E-state index is 9.53. The van der Waals surface area contributed by atoms with E-state index in [0.717, 1.165) is 4.31 Å². The van der Waals surface area contributed by atoms with E-state index < -0.39 is 17.6 Å². The van der Waals surface area contributed by atoms with Crippen molar-refractivity contribution in [3.05, 3.63) is 29.2 Å². The molecule has 0 unspecified atom stereocenters. The Morgan fingerprint density at radius 3 is 1.93 bits per heavy atom. The molecule has 0 saturated carbocycles. The number of nitroso groups, excluding NO2 is 1. The van der Waals surface area contributed by atoms with E-state index in [1.807, 2.05) is 0 Å². The molecule has 0 aromatic rings. The first-order valence-electron chi connectivity index (χ1n) is 3.62. The van der Waals surface area contributed by atoms with E-state index >= 15 is 0 Å². The number of carbonyl (C=O) groups is 2. The fourth-order valence-electron chi connectivity index (χ4n) is 0.626. The van der Waals surface area contributed by atoms with Gasteiger partial charge in [-0.1, -0.05) is 0 Å². The molecule has 0 N–H and O–H groups in total. The number of carbonyl (C=O) groups excluding carboxylic acids is 2. The van der Waals surface area contributed by atoms with Gasteiger partial charge in [-0.3, -0.25) is 0 Å². The van der Waals surface area contributed by atoms with Crippen molar-refractivity contribution in [3.8, 4) is 0 Å². The third kappa shape index (κ3) is 6.28. The van der Waals surface area contributed by atoms with E-state index in [1.165, 1.54) is 0 Å². The molecule has 0 saturated heterocycles. The molecule has 1 rings (SSSR count). The van der Waals surface area contributed by atoms with Crippen LogP contribution in [0.4, 0.5) is 0 Å². The Bertz CT molecular complexity index is 222. The number of allylic oxidation sites excluding steroid dienone is 4. The maximum atomic E-state index is 9.53. The van der Waals surface area contributed by atoms with Crippen LogP contribution in [0.5, 0.6) is 0 Å². The van der Waals surface area contributed by atoms with Gasteiger partial charge in [0.15, 0.2) is 0 Å². The van der Waals surface area contributed by atoms with E-state index in [2.05, 4.69) is 33.4 Å². The van der Waals surface area contributed by atoms with Crippen molar-refractivity contribution in [3.63, 3.8) is 0 Å². The molecule has 0 atom stereocenters. The Hall–Kier alpha value is -0.203. The Balaban J connectivity index is 0.000000241. The molecule has 0 bridgehead atoms. The second kappa shape index (κ2) is 9.36. The van der Waals surface area contributed by atoms with Gasteiger partial charge in [0.2, 0.25) is 0 Å². The van der Waals surface area contributed by atoms with Gasteiger partial charge in [0.05, 0.1) is 0 Å². The normalized spacial score (nSPS) is 13.6. The number of hydrogen-bond donors (Lipinski definition) is 0. The quantitative estimate of drug-likeness (QED) is 0.407. The molecule has 0 amide bonds. The molecule has 77 valence electrons. The molecule has 1 aliphatic rings. The summed E-state index contributed by atoms with van der Waals surface area (Å²) in [6.45, 7) is 0. The summed E-state index contributed by atoms with van der Waals surface area (Å²) in [5, 5.41) is 2.37. The number of hydrogen-bond acceptors (Lipinski definition) is 4. The molecule has 6 heteroatoms. The van der Waals surface area contributed by atoms with Crippen molar-refractivity contribution < 1.29 is 45.7 Å². The van der Waals surface area contributed by atoms with Gasteiger partial charge in [-0.05, 0) is 0 Å². The Morgan fingerprint density at radius 2 is 1.79 bits per heavy atom. The molecule has 0 spiro atoms. The van der Waals surface area contributed by atoms with Gasteiger partial charge in [-0.25, -0.2) is 0 Å². The molecule has 1 aliphatic carbocycles. The van der Waals surface area contributed by atoms with Crippen LogP contribution in [-0.2, 0) is 45.7 Å². The van der Waals surface area contributed by atoms with Crippen LogP contribution in [0.1, 0.15) is 0 Å². The Kier molecular flexibility index (Phi) is 9.22. The predicted molar refractivity (Wildman–Crippen MR) is 47.2 cm³/mol. The second-order valence-electron chi connectivity index (χ2n) is 2.08. The molecule has 0 radical (unpaired) electrons. The molecular formula is C8H10NO3W2. The summed E-state index contributed by atoms with van der Waals surface area (Å²) < 4.78 is 3.99. The van der Waals surface area contributed by atoms with Crippen LogP contribution in [-0.4, -0.2) is 9.35 Å². The standard InChI is InChI=1S/C5H5.2CHO.CH3.NO.2W/c1-2-4-5-3-1;2*1-2;;1-2;;/h1-5H;2*1H;1H3;;;/q;;;;-1;;+1. The molecule has 0 aromatic carbocycles. The summed E-state index contributed by atoms with van der Waals surface area (Å²) in [6, 6.07) is 0. The first kappa shape index (κ1) is 13.8. The van der Waals surface area contributed by atoms with E-state index in [1.54, 1.807) is 0 Å². The van der Waals surface area contributed by atoms with Gasteiger partial charge in [-0.2, -0.15) is 0 Å². The average Bonchev–Trinajstić information content (AvgIpc) is 2.74. The molecule has 4 nitrogen and oxygen atoms in total. The van der Waals surface area contributed by atoms with E-state index in [9.17, 15) is 14.5 Å². The first-order valence-corrected chi connectivity index (χ1v) is 12.9. The van der Waals surface area contributed by atoms with Gasteiger partial charge in [-0.15, -0.1) is 0 Å². The number of rotatable bonds is 4. The van der Waals surface area contributed by atoms with Crippen LogP contribution in [0.3, 0.4) is 0 Å². The molecule has 0 heterocycles. The first-order chi connectivity index (χ1) is 6.78. The van der Waals surface area contributed by atoms with Crippen LogP contribution in [0, 0.1) is 4.91 Å². The van der Waals surface area contributed by atoms with E-state index in [4.69, 9.17) is 0 Å². The Morgan fingerprint density at radius 1 is 1.29 bits per heavy atom. The van der Waals surface area contributed by atoms with Gasteiger partial charge in [0.1, 0.15) is 0 Å². The molecule has 0 aliphatic heterocycles. The second-order valence-corrected chi connectivity index (χ2v) is 10.1. The van der Waals surface area contributed by atoms with Crippen molar-refractivity contribution in [2.45, 2.75) is 9.62 Å². The minimum absolute atomic E-state index is 0.0116. The zero-order chi connectivity index (χ0) is 10.8. The molecule has 0 fully saturated rings. The minimum atomic E-state index is -2.93. The van der Waals surface area contributed by atoms with Gasteiger partial charge in [0.25, 0.3) is 0 Å². The van der Waals surface area contributed by atoms with Crippen LogP contribution in [0.2, 0.25) is 9.62 Å². The number of nitrogens with zero attached hydrogens (tertiary/aromatic N) is 1. The third-order valence-electron chi connectivity index (χ3n) is 1.27. The molecular weight excluding hydrogens is 526 g/mol. The van der Waals surface area contributed by atoms with Crippen LogP contribution >= 0.6 is 0 Å². The van der Waals surface area contributed by atoms with Crippen LogP contribution in [0.25, 0.3) is 0 Å². The fraction of sp³-hybridized carbons (Fsp3) is 0.250. The van der Waals surface area contributed by atoms with E-state index in [0.29, 0.717) is 9.35 Å². The summed E-state index contributed by atoms with van der Waals surface area (Å²) in [5.41, 5.74) is 0. The summed E-state index contributed by atoms with van der Waals surface area (Å²) in [4.78, 5) is 28.4. The third-order valence-corrected chi connectivity index (χ3v) is 6.39. The monoisotopic (exact) mass is 536 g/mol. The van der Waals surface area contributed by atoms with E-state index in [-0.39, 0.29) is 18.6 Å². The fourth-order valence-corrected chi connectivity index (χ4v) is 2.82. The average molecular weight is 536 g/mol. The van der Waals surface area contributed by atoms with Crippen LogP contribution < -0.4 is 0 Å². The van der Waals surface area contributed by atoms with Crippen molar-refractivity contribution in [1.82, 2.24) is 0 Å². The predicted octanol–water partition coefficient (Wildman–Crippen LogP) is 1.70. The SMILES string of the molecule is O=[CH][W]([CH]=O)[N]=O.[CH3][W][CH]1C=CC=C1. The Labute approximate surface area is 97.2 Å². The molecule has 14 heavy (non-hydrogen) atoms. The summed E-state index contributed by atoms with van der Waals surface area (Å²) in [6.07, 6.45) is 8.89. The van der Waals surface area contributed by atoms with Crippen molar-refractivity contribution in [2.24, 2.45) is 3.74 Å². The van der Waals surface area contributed by atoms with Gasteiger partial charge in [0, 0.05) is 0 Å². The van der Waals surface area contributed by atoms with Crippen molar-refractivity contribution in [2.75, 3.05) is 0 Å². The van der Waals surface area contributed by atoms with Gasteiger partial charge >= 0.3 is 97.6 Å². The van der Waals surface area contributed by atoms with Crippen LogP contribution in [0.15, 0.2) is 28.0 Å². The zero-order valence-electron chi connectivity index (χ0n) is 7.53. The van der Waals surface area contributed by atoms with Crippen molar-refractivity contribution in [1.29, 1.82) is 0 Å². The summed E-state index contributed by atoms with van der Waals surface area (Å²) >= 11 is -2.91. The molecule has 0 aromatic heterocycles. The summed E-state index contributed by atoms with van der Waals surface area (Å²) in [5.74, 6) is 0. The summed E-state index contributed by atoms with van der Waals surface area (Å²) in [7, 11) is 0.